The van der Waals surface area contributed by atoms with E-state index in [-0.39, 0.29) is 6.03 Å². The van der Waals surface area contributed by atoms with Gasteiger partial charge in [0.25, 0.3) is 0 Å². The SMILES string of the molecule is COc1ccccc1NC(=O)N1CCN(CCn2cccn2)CC1. The number of para-hydroxylation sites is 2. The quantitative estimate of drug-likeness (QED) is 0.908. The Labute approximate surface area is 141 Å². The van der Waals surface area contributed by atoms with Crippen molar-refractivity contribution in [1.29, 1.82) is 0 Å². The summed E-state index contributed by atoms with van der Waals surface area (Å²) in [6.45, 7) is 5.02. The number of nitrogens with zero attached hydrogens (tertiary/aromatic N) is 4. The highest BCUT2D eigenvalue weighted by atomic mass is 16.5. The maximum atomic E-state index is 12.4. The zero-order valence-electron chi connectivity index (χ0n) is 13.9. The van der Waals surface area contributed by atoms with E-state index in [4.69, 9.17) is 4.74 Å². The molecule has 2 aromatic rings. The molecule has 0 saturated carbocycles. The molecule has 0 unspecified atom stereocenters. The number of aromatic nitrogens is 2. The number of hydrogen-bond acceptors (Lipinski definition) is 4. The lowest BCUT2D eigenvalue weighted by Crippen LogP contribution is -2.50. The van der Waals surface area contributed by atoms with E-state index in [2.05, 4.69) is 15.3 Å². The number of piperazine rings is 1. The molecule has 1 aromatic carbocycles. The molecule has 7 heteroatoms. The molecule has 24 heavy (non-hydrogen) atoms. The Bertz CT molecular complexity index is 651. The summed E-state index contributed by atoms with van der Waals surface area (Å²) in [7, 11) is 1.60. The number of urea groups is 1. The van der Waals surface area contributed by atoms with Gasteiger partial charge < -0.3 is 15.0 Å². The molecule has 1 fully saturated rings. The Kier molecular flexibility index (Phi) is 5.32. The molecule has 0 aliphatic carbocycles. The van der Waals surface area contributed by atoms with Gasteiger partial charge in [-0.2, -0.15) is 5.10 Å². The molecule has 0 radical (unpaired) electrons. The number of ether oxygens (including phenoxy) is 1. The van der Waals surface area contributed by atoms with Crippen LogP contribution in [0.2, 0.25) is 0 Å². The van der Waals surface area contributed by atoms with Crippen LogP contribution in [-0.2, 0) is 6.54 Å². The molecule has 0 bridgehead atoms. The third-order valence-electron chi connectivity index (χ3n) is 4.21. The first kappa shape index (κ1) is 16.3. The van der Waals surface area contributed by atoms with E-state index in [1.165, 1.54) is 0 Å². The van der Waals surface area contributed by atoms with Crippen molar-refractivity contribution in [2.45, 2.75) is 6.54 Å². The molecule has 1 aromatic heterocycles. The minimum atomic E-state index is -0.0776. The third kappa shape index (κ3) is 4.05. The number of carbonyl (C=O) groups excluding carboxylic acids is 1. The monoisotopic (exact) mass is 329 g/mol. The van der Waals surface area contributed by atoms with Gasteiger partial charge >= 0.3 is 6.03 Å². The second-order valence-electron chi connectivity index (χ2n) is 5.73. The van der Waals surface area contributed by atoms with E-state index >= 15 is 0 Å². The van der Waals surface area contributed by atoms with Gasteiger partial charge in [-0.25, -0.2) is 4.79 Å². The Hall–Kier alpha value is -2.54. The average Bonchev–Trinajstić information content (AvgIpc) is 3.14. The van der Waals surface area contributed by atoms with Gasteiger partial charge in [0, 0.05) is 45.1 Å². The largest absolute Gasteiger partial charge is 0.495 e. The van der Waals surface area contributed by atoms with Gasteiger partial charge in [-0.1, -0.05) is 12.1 Å². The predicted octanol–water partition coefficient (Wildman–Crippen LogP) is 1.74. The fourth-order valence-electron chi connectivity index (χ4n) is 2.79. The standard InChI is InChI=1S/C17H23N5O2/c1-24-16-6-3-2-5-15(16)19-17(23)21-12-9-20(10-13-21)11-14-22-8-4-7-18-22/h2-8H,9-14H2,1H3,(H,19,23). The summed E-state index contributed by atoms with van der Waals surface area (Å²) in [5, 5.41) is 7.14. The van der Waals surface area contributed by atoms with Crippen molar-refractivity contribution >= 4 is 11.7 Å². The Morgan fingerprint density at radius 1 is 1.17 bits per heavy atom. The molecule has 7 nitrogen and oxygen atoms in total. The van der Waals surface area contributed by atoms with E-state index in [0.29, 0.717) is 11.4 Å². The zero-order chi connectivity index (χ0) is 16.8. The summed E-state index contributed by atoms with van der Waals surface area (Å²) in [6.07, 6.45) is 3.76. The lowest BCUT2D eigenvalue weighted by molar-refractivity contribution is 0.143. The van der Waals surface area contributed by atoms with E-state index in [0.717, 1.165) is 39.3 Å². The Morgan fingerprint density at radius 3 is 2.67 bits per heavy atom. The van der Waals surface area contributed by atoms with Crippen LogP contribution >= 0.6 is 0 Å². The van der Waals surface area contributed by atoms with Gasteiger partial charge in [-0.05, 0) is 18.2 Å². The Balaban J connectivity index is 1.46. The Morgan fingerprint density at radius 2 is 1.96 bits per heavy atom. The molecule has 0 atom stereocenters. The number of nitrogens with one attached hydrogen (secondary N) is 1. The summed E-state index contributed by atoms with van der Waals surface area (Å²) in [5.74, 6) is 0.670. The highest BCUT2D eigenvalue weighted by Gasteiger charge is 2.21. The van der Waals surface area contributed by atoms with Gasteiger partial charge in [0.05, 0.1) is 19.3 Å². The third-order valence-corrected chi connectivity index (χ3v) is 4.21. The second kappa shape index (κ2) is 7.83. The molecule has 1 saturated heterocycles. The number of carbonyl (C=O) groups is 1. The second-order valence-corrected chi connectivity index (χ2v) is 5.73. The fourth-order valence-corrected chi connectivity index (χ4v) is 2.79. The van der Waals surface area contributed by atoms with Gasteiger partial charge in [-0.3, -0.25) is 9.58 Å². The smallest absolute Gasteiger partial charge is 0.322 e. The van der Waals surface area contributed by atoms with Gasteiger partial charge in [0.2, 0.25) is 0 Å². The van der Waals surface area contributed by atoms with Crippen LogP contribution in [0, 0.1) is 0 Å². The summed E-state index contributed by atoms with van der Waals surface area (Å²) < 4.78 is 7.20. The first-order chi connectivity index (χ1) is 11.8. The highest BCUT2D eigenvalue weighted by Crippen LogP contribution is 2.23. The molecule has 1 aliphatic rings. The molecule has 0 spiro atoms. The van der Waals surface area contributed by atoms with Crippen molar-refractivity contribution in [2.75, 3.05) is 45.2 Å². The lowest BCUT2D eigenvalue weighted by atomic mass is 10.3. The fraction of sp³-hybridized carbons (Fsp3) is 0.412. The predicted molar refractivity (Wildman–Crippen MR) is 92.3 cm³/mol. The maximum absolute atomic E-state index is 12.4. The van der Waals surface area contributed by atoms with Crippen molar-refractivity contribution < 1.29 is 9.53 Å². The molecular weight excluding hydrogens is 306 g/mol. The van der Waals surface area contributed by atoms with Gasteiger partial charge in [0.15, 0.2) is 0 Å². The van der Waals surface area contributed by atoms with Crippen molar-refractivity contribution in [3.63, 3.8) is 0 Å². The van der Waals surface area contributed by atoms with Crippen molar-refractivity contribution in [3.8, 4) is 5.75 Å². The molecule has 1 N–H and O–H groups in total. The van der Waals surface area contributed by atoms with Crippen LogP contribution in [0.15, 0.2) is 42.7 Å². The summed E-state index contributed by atoms with van der Waals surface area (Å²) in [6, 6.07) is 9.30. The van der Waals surface area contributed by atoms with E-state index < -0.39 is 0 Å². The van der Waals surface area contributed by atoms with Crippen LogP contribution < -0.4 is 10.1 Å². The first-order valence-electron chi connectivity index (χ1n) is 8.15. The van der Waals surface area contributed by atoms with Crippen LogP contribution in [0.4, 0.5) is 10.5 Å². The topological polar surface area (TPSA) is 62.6 Å². The molecule has 2 heterocycles. The van der Waals surface area contributed by atoms with Crippen LogP contribution in [0.5, 0.6) is 5.75 Å². The highest BCUT2D eigenvalue weighted by molar-refractivity contribution is 5.91. The maximum Gasteiger partial charge on any atom is 0.322 e. The molecular formula is C17H23N5O2. The van der Waals surface area contributed by atoms with E-state index in [1.807, 2.05) is 46.1 Å². The van der Waals surface area contributed by atoms with Crippen molar-refractivity contribution in [1.82, 2.24) is 19.6 Å². The molecule has 3 rings (SSSR count). The summed E-state index contributed by atoms with van der Waals surface area (Å²) in [4.78, 5) is 16.6. The lowest BCUT2D eigenvalue weighted by Gasteiger charge is -2.34. The molecule has 128 valence electrons. The van der Waals surface area contributed by atoms with Crippen LogP contribution in [-0.4, -0.2) is 65.4 Å². The normalized spacial score (nSPS) is 15.3. The summed E-state index contributed by atoms with van der Waals surface area (Å²) >= 11 is 0. The van der Waals surface area contributed by atoms with Crippen LogP contribution in [0.3, 0.4) is 0 Å². The average molecular weight is 329 g/mol. The van der Waals surface area contributed by atoms with E-state index in [9.17, 15) is 4.79 Å². The van der Waals surface area contributed by atoms with Crippen molar-refractivity contribution in [2.24, 2.45) is 0 Å². The number of methoxy groups -OCH3 is 1. The minimum absolute atomic E-state index is 0.0776. The number of hydrogen-bond donors (Lipinski definition) is 1. The van der Waals surface area contributed by atoms with Crippen LogP contribution in [0.25, 0.3) is 0 Å². The number of rotatable bonds is 5. The molecule has 1 aliphatic heterocycles. The zero-order valence-corrected chi connectivity index (χ0v) is 13.9. The first-order valence-corrected chi connectivity index (χ1v) is 8.15. The van der Waals surface area contributed by atoms with Gasteiger partial charge in [-0.15, -0.1) is 0 Å². The summed E-state index contributed by atoms with van der Waals surface area (Å²) in [5.41, 5.74) is 0.700. The minimum Gasteiger partial charge on any atom is -0.495 e. The van der Waals surface area contributed by atoms with Crippen molar-refractivity contribution in [3.05, 3.63) is 42.7 Å². The van der Waals surface area contributed by atoms with E-state index in [1.54, 1.807) is 13.3 Å². The van der Waals surface area contributed by atoms with Gasteiger partial charge in [0.1, 0.15) is 5.75 Å². The number of anilines is 1. The molecule has 2 amide bonds. The van der Waals surface area contributed by atoms with Crippen LogP contribution in [0.1, 0.15) is 0 Å². The number of benzene rings is 1. The number of amides is 2.